The Morgan fingerprint density at radius 1 is 1.15 bits per heavy atom. The average molecular weight is 565 g/mol. The van der Waals surface area contributed by atoms with E-state index < -0.39 is 0 Å². The second-order valence-corrected chi connectivity index (χ2v) is 11.0. The molecule has 2 atom stereocenters. The van der Waals surface area contributed by atoms with E-state index in [0.29, 0.717) is 11.7 Å². The lowest BCUT2D eigenvalue weighted by Crippen LogP contribution is -2.34. The molecule has 4 nitrogen and oxygen atoms in total. The summed E-state index contributed by atoms with van der Waals surface area (Å²) in [5, 5.41) is 4.18. The van der Waals surface area contributed by atoms with Crippen LogP contribution in [0.15, 0.2) is 97.6 Å². The monoisotopic (exact) mass is 564 g/mol. The number of hydrogen-bond donors (Lipinski definition) is 1. The number of hydrogen-bond acceptors (Lipinski definition) is 3. The number of anilines is 1. The highest BCUT2D eigenvalue weighted by molar-refractivity contribution is 7.22. The maximum atomic E-state index is 13.4. The third-order valence-corrected chi connectivity index (χ3v) is 7.36. The highest BCUT2D eigenvalue weighted by atomic mass is 31.0. The van der Waals surface area contributed by atoms with Crippen LogP contribution in [0.25, 0.3) is 0 Å². The van der Waals surface area contributed by atoms with Crippen LogP contribution in [-0.4, -0.2) is 30.4 Å². The summed E-state index contributed by atoms with van der Waals surface area (Å²) in [7, 11) is 2.60. The van der Waals surface area contributed by atoms with Gasteiger partial charge >= 0.3 is 0 Å². The Kier molecular flexibility index (Phi) is 14.6. The van der Waals surface area contributed by atoms with Crippen LogP contribution < -0.4 is 5.32 Å². The predicted molar refractivity (Wildman–Crippen MR) is 171 cm³/mol. The van der Waals surface area contributed by atoms with E-state index in [1.165, 1.54) is 23.0 Å². The lowest BCUT2D eigenvalue weighted by Gasteiger charge is -2.33. The number of carbonyl (C=O) groups is 1. The van der Waals surface area contributed by atoms with Gasteiger partial charge < -0.3 is 15.0 Å². The van der Waals surface area contributed by atoms with Crippen molar-refractivity contribution in [1.29, 1.82) is 0 Å². The molecule has 0 aromatic heterocycles. The lowest BCUT2D eigenvalue weighted by molar-refractivity contribution is -0.118. The number of piperidine rings is 1. The molecule has 1 aliphatic heterocycles. The fraction of sp³-hybridized carbons (Fsp3) is 0.382. The zero-order valence-corrected chi connectivity index (χ0v) is 25.5. The zero-order chi connectivity index (χ0) is 29.5. The molecule has 1 fully saturated rings. The second kappa shape index (κ2) is 17.6. The first-order valence-electron chi connectivity index (χ1n) is 14.1. The number of nitrogens with zero attached hydrogens (tertiary/aromatic N) is 1. The molecule has 0 radical (unpaired) electrons. The summed E-state index contributed by atoms with van der Waals surface area (Å²) in [6, 6.07) is 14.7. The molecular weight excluding hydrogens is 518 g/mol. The number of carbonyl (C=O) groups excluding carboxylic acids is 1. The molecule has 3 rings (SSSR count). The van der Waals surface area contributed by atoms with E-state index in [1.807, 2.05) is 32.1 Å². The van der Waals surface area contributed by atoms with E-state index in [-0.39, 0.29) is 23.7 Å². The smallest absolute Gasteiger partial charge is 0.226 e. The van der Waals surface area contributed by atoms with E-state index >= 15 is 0 Å². The summed E-state index contributed by atoms with van der Waals surface area (Å²) in [6.07, 6.45) is 9.37. The third kappa shape index (κ3) is 11.6. The van der Waals surface area contributed by atoms with Crippen LogP contribution in [0.2, 0.25) is 0 Å². The highest BCUT2D eigenvalue weighted by Crippen LogP contribution is 2.31. The van der Waals surface area contributed by atoms with Crippen LogP contribution in [0.1, 0.15) is 69.6 Å². The van der Waals surface area contributed by atoms with E-state index in [4.69, 9.17) is 4.74 Å². The van der Waals surface area contributed by atoms with Crippen molar-refractivity contribution in [3.8, 4) is 0 Å². The Morgan fingerprint density at radius 2 is 1.82 bits per heavy atom. The maximum Gasteiger partial charge on any atom is 0.226 e. The number of likely N-dealkylation sites (tertiary alicyclic amines) is 1. The summed E-state index contributed by atoms with van der Waals surface area (Å²) >= 11 is 0. The van der Waals surface area contributed by atoms with Gasteiger partial charge in [-0.2, -0.15) is 0 Å². The third-order valence-electron chi connectivity index (χ3n) is 6.88. The van der Waals surface area contributed by atoms with Crippen molar-refractivity contribution in [2.24, 2.45) is 5.92 Å². The first-order chi connectivity index (χ1) is 19.2. The first-order valence-corrected chi connectivity index (χ1v) is 14.7. The summed E-state index contributed by atoms with van der Waals surface area (Å²) in [6.45, 7) is 20.0. The molecular formula is C34H46FN2O2P. The van der Waals surface area contributed by atoms with Gasteiger partial charge in [0.1, 0.15) is 17.7 Å². The number of ether oxygens (including phenoxy) is 1. The van der Waals surface area contributed by atoms with Crippen LogP contribution in [0.5, 0.6) is 0 Å². The van der Waals surface area contributed by atoms with E-state index in [0.717, 1.165) is 56.6 Å². The molecule has 1 amide bonds. The molecule has 40 heavy (non-hydrogen) atoms. The van der Waals surface area contributed by atoms with Crippen molar-refractivity contribution >= 4 is 20.8 Å². The fourth-order valence-electron chi connectivity index (χ4n) is 4.47. The van der Waals surface area contributed by atoms with Gasteiger partial charge in [0.15, 0.2) is 0 Å². The van der Waals surface area contributed by atoms with E-state index in [9.17, 15) is 9.18 Å². The number of rotatable bonds is 12. The molecule has 0 bridgehead atoms. The van der Waals surface area contributed by atoms with Crippen LogP contribution in [-0.2, 0) is 9.53 Å². The Bertz CT molecular complexity index is 1130. The Morgan fingerprint density at radius 3 is 2.38 bits per heavy atom. The van der Waals surface area contributed by atoms with Crippen LogP contribution in [0.4, 0.5) is 10.1 Å². The Balaban J connectivity index is 0.000000708. The minimum atomic E-state index is -0.255. The van der Waals surface area contributed by atoms with Gasteiger partial charge in [-0.3, -0.25) is 4.79 Å². The summed E-state index contributed by atoms with van der Waals surface area (Å²) in [5.41, 5.74) is 3.09. The summed E-state index contributed by atoms with van der Waals surface area (Å²) < 4.78 is 19.3. The van der Waals surface area contributed by atoms with Crippen molar-refractivity contribution in [3.63, 3.8) is 0 Å². The van der Waals surface area contributed by atoms with E-state index in [1.54, 1.807) is 18.2 Å². The first kappa shape index (κ1) is 33.2. The molecule has 1 aliphatic rings. The Labute approximate surface area is 243 Å². The molecule has 1 N–H and O–H groups in total. The number of nitrogens with one attached hydrogen (secondary N) is 1. The molecule has 6 heteroatoms. The molecule has 216 valence electrons. The number of allylic oxidation sites excluding steroid dienone is 4. The van der Waals surface area contributed by atoms with Gasteiger partial charge in [0, 0.05) is 24.6 Å². The minimum absolute atomic E-state index is 0.0386. The summed E-state index contributed by atoms with van der Waals surface area (Å²) in [5.74, 6) is 0.756. The van der Waals surface area contributed by atoms with Gasteiger partial charge in [-0.05, 0) is 85.1 Å². The molecule has 1 saturated heterocycles. The number of amides is 1. The predicted octanol–water partition coefficient (Wildman–Crippen LogP) is 8.79. The van der Waals surface area contributed by atoms with Crippen molar-refractivity contribution in [2.45, 2.75) is 58.5 Å². The molecule has 0 saturated carbocycles. The quantitative estimate of drug-likeness (QED) is 0.159. The van der Waals surface area contributed by atoms with Gasteiger partial charge in [-0.1, -0.05) is 76.9 Å². The molecule has 2 aromatic rings. The van der Waals surface area contributed by atoms with E-state index in [2.05, 4.69) is 64.3 Å². The van der Waals surface area contributed by atoms with Gasteiger partial charge in [0.25, 0.3) is 0 Å². The molecule has 0 aliphatic carbocycles. The molecule has 0 spiro atoms. The lowest BCUT2D eigenvalue weighted by atomic mass is 9.89. The van der Waals surface area contributed by atoms with Crippen molar-refractivity contribution < 1.29 is 13.9 Å². The molecule has 1 heterocycles. The van der Waals surface area contributed by atoms with Crippen molar-refractivity contribution in [1.82, 2.24) is 4.90 Å². The number of benzene rings is 2. The normalized spacial score (nSPS) is 15.0. The van der Waals surface area contributed by atoms with Gasteiger partial charge in [0.05, 0.1) is 0 Å². The van der Waals surface area contributed by atoms with Gasteiger partial charge in [0.2, 0.25) is 5.91 Å². The topological polar surface area (TPSA) is 41.6 Å². The zero-order valence-electron chi connectivity index (χ0n) is 24.4. The van der Waals surface area contributed by atoms with Crippen molar-refractivity contribution in [3.05, 3.63) is 115 Å². The maximum absolute atomic E-state index is 13.4. The van der Waals surface area contributed by atoms with Crippen LogP contribution in [0, 0.1) is 11.7 Å². The van der Waals surface area contributed by atoms with Crippen molar-refractivity contribution in [2.75, 3.05) is 25.0 Å². The standard InChI is InChI=1S/C28H35FN2O2.C6H11P/c1-5-21(4)33-27(23-9-11-25(29)12-10-23)15-18-31-16-13-22(14-17-31)24-7-6-8-26(19-24)30-28(32)20(2)3;1-3-5-6(7)4-2/h5-12,19-20,22,27H,1,4,13-18H2,2-3H3,(H,30,32);4-5H,2-3,7H2,1H3/b;6-5+. The highest BCUT2D eigenvalue weighted by Gasteiger charge is 2.23. The van der Waals surface area contributed by atoms with Crippen LogP contribution >= 0.6 is 9.24 Å². The number of halogens is 1. The molecule has 2 unspecified atom stereocenters. The summed E-state index contributed by atoms with van der Waals surface area (Å²) in [4.78, 5) is 14.5. The minimum Gasteiger partial charge on any atom is -0.486 e. The second-order valence-electron chi connectivity index (χ2n) is 10.3. The Hall–Kier alpha value is -3.01. The van der Waals surface area contributed by atoms with Gasteiger partial charge in [-0.15, -0.1) is 9.24 Å². The largest absolute Gasteiger partial charge is 0.486 e. The fourth-order valence-corrected chi connectivity index (χ4v) is 4.70. The van der Waals surface area contributed by atoms with Crippen LogP contribution in [0.3, 0.4) is 0 Å². The SMILES string of the molecule is C=C/C(P)=C\CC.C=CC(=C)OC(CCN1CCC(c2cccc(NC(=O)C(C)C)c2)CC1)c1ccc(F)cc1. The molecule has 2 aromatic carbocycles. The average Bonchev–Trinajstić information content (AvgIpc) is 2.96. The van der Waals surface area contributed by atoms with Gasteiger partial charge in [-0.25, -0.2) is 4.39 Å².